The quantitative estimate of drug-likeness (QED) is 0.0118. The van der Waals surface area contributed by atoms with E-state index < -0.39 is 89.5 Å². The van der Waals surface area contributed by atoms with E-state index in [4.69, 9.17) is 43.1 Å². The van der Waals surface area contributed by atoms with Crippen LogP contribution in [0.1, 0.15) is 117 Å². The number of ether oxygens (including phenoxy) is 4. The Kier molecular flexibility index (Phi) is 35.4. The molecule has 26 nitrogen and oxygen atoms in total. The predicted molar refractivity (Wildman–Crippen MR) is 397 cm³/mol. The van der Waals surface area contributed by atoms with Crippen LogP contribution in [0.25, 0.3) is 11.1 Å². The average Bonchev–Trinajstić information content (AvgIpc) is 1.62. The van der Waals surface area contributed by atoms with Crippen molar-refractivity contribution in [3.05, 3.63) is 229 Å². The second kappa shape index (κ2) is 43.3. The number of aryl methyl sites for hydroxylation is 1. The number of carbonyl (C=O) groups excluding carboxylic acids is 8. The molecule has 30 heteroatoms. The number of fused-ring (bicyclic) bond motifs is 3. The van der Waals surface area contributed by atoms with Gasteiger partial charge in [0.05, 0.1) is 32.9 Å². The highest BCUT2D eigenvalue weighted by Gasteiger charge is 2.33. The van der Waals surface area contributed by atoms with Crippen LogP contribution < -0.4 is 53.5 Å². The second-order valence-electron chi connectivity index (χ2n) is 24.3. The lowest BCUT2D eigenvalue weighted by Gasteiger charge is -2.22. The first-order valence-electron chi connectivity index (χ1n) is 32.1. The highest BCUT2D eigenvalue weighted by atomic mass is 127. The number of carbonyl (C=O) groups is 9. The molecule has 0 saturated heterocycles. The molecule has 0 fully saturated rings. The van der Waals surface area contributed by atoms with Crippen molar-refractivity contribution in [2.45, 2.75) is 90.1 Å². The Morgan fingerprint density at radius 2 is 0.925 bits per heavy atom. The van der Waals surface area contributed by atoms with Crippen LogP contribution in [0.5, 0.6) is 5.75 Å². The zero-order valence-corrected chi connectivity index (χ0v) is 61.7. The number of hydrogen-bond donors (Lipinski definition) is 11. The molecule has 8 rings (SSSR count). The summed E-state index contributed by atoms with van der Waals surface area (Å²) >= 11 is 2.30. The number of nitrogens with two attached hydrogens (primary N) is 1. The third kappa shape index (κ3) is 32.3. The number of hydroxylamine groups is 3. The van der Waals surface area contributed by atoms with Crippen molar-refractivity contribution in [3.63, 3.8) is 0 Å². The summed E-state index contributed by atoms with van der Waals surface area (Å²) in [4.78, 5) is 116. The number of alkyl carbamates (subject to hydrolysis) is 3. The zero-order chi connectivity index (χ0) is 79.4. The van der Waals surface area contributed by atoms with Gasteiger partial charge in [-0.25, -0.2) is 35.6 Å². The largest absolute Gasteiger partial charge is 0.573 e. The molecule has 3 atom stereocenters. The molecule has 564 valence electrons. The Hall–Kier alpha value is -12.0. The van der Waals surface area contributed by atoms with Crippen LogP contribution in [0.4, 0.5) is 27.6 Å². The summed E-state index contributed by atoms with van der Waals surface area (Å²) in [5.74, 6) is 5.86. The van der Waals surface area contributed by atoms with Gasteiger partial charge in [-0.3, -0.25) is 38.9 Å². The summed E-state index contributed by atoms with van der Waals surface area (Å²) < 4.78 is 57.2. The van der Waals surface area contributed by atoms with Gasteiger partial charge in [0.25, 0.3) is 29.5 Å². The SMILES string of the molecule is C#Cc1ccc(C(=O)N[C@@H](CNC(=O)OC(C)(C)C)C(=O)NOC)cc1.C#Cc1ccc(C(=O)O)cc1.CONC(=O)[C@H](CNC(=O)OC(C)(C)C)NC(=O)OCC1c2ccccc2-c2ccccc21.Cc1ccc(I)cc1.NC[C@H](NC(=O)c1ccc(C#Cc2ccc(OC(F)(F)F)cc2)cc1)C(=O)NO. The van der Waals surface area contributed by atoms with Crippen LogP contribution in [0.3, 0.4) is 0 Å². The lowest BCUT2D eigenvalue weighted by atomic mass is 9.98. The number of hydrogen-bond acceptors (Lipinski definition) is 17. The third-order valence-electron chi connectivity index (χ3n) is 13.9. The molecule has 0 unspecified atom stereocenters. The van der Waals surface area contributed by atoms with E-state index in [2.05, 4.69) is 129 Å². The molecular weight excluding hydrogens is 1510 g/mol. The molecule has 0 aromatic heterocycles. The molecule has 7 aromatic carbocycles. The van der Waals surface area contributed by atoms with Gasteiger partial charge in [-0.1, -0.05) is 89.9 Å². The van der Waals surface area contributed by atoms with Gasteiger partial charge in [-0.15, -0.1) is 26.0 Å². The van der Waals surface area contributed by atoms with Gasteiger partial charge in [0.15, 0.2) is 0 Å². The van der Waals surface area contributed by atoms with Crippen LogP contribution in [0.15, 0.2) is 170 Å². The first-order valence-corrected chi connectivity index (χ1v) is 33.2. The molecule has 1 aliphatic rings. The van der Waals surface area contributed by atoms with Crippen molar-refractivity contribution >= 4 is 76.4 Å². The molecule has 1 aliphatic carbocycles. The highest BCUT2D eigenvalue weighted by molar-refractivity contribution is 14.1. The van der Waals surface area contributed by atoms with E-state index in [1.165, 1.54) is 77.4 Å². The van der Waals surface area contributed by atoms with Crippen LogP contribution in [-0.2, 0) is 38.3 Å². The Morgan fingerprint density at radius 1 is 0.533 bits per heavy atom. The van der Waals surface area contributed by atoms with E-state index in [0.29, 0.717) is 27.8 Å². The van der Waals surface area contributed by atoms with E-state index in [9.17, 15) is 56.3 Å². The van der Waals surface area contributed by atoms with E-state index in [1.807, 2.05) is 48.5 Å². The molecular formula is C77H81F3IN9O17. The fraction of sp³-hybridized carbons (Fsp3) is 0.260. The molecule has 107 heavy (non-hydrogen) atoms. The standard InChI is InChI=1S/C24H29N3O6.C19H16F3N3O4.C18H23N3O5.C9H6O2.C7H7I/c1-24(2,3)33-22(29)25-13-20(21(28)27-31-4)26-23(30)32-14-19-17-11-7-5-9-15(17)16-10-6-8-12-18(16)19;20-19(21,22)29-15-9-5-13(6-10-15)2-1-12-3-7-14(8-4-12)17(26)24-16(11-23)18(27)25-28;1-6-12-7-9-13(10-8-12)15(22)20-14(16(23)21-25-5)11-19-17(24)26-18(2,3)4;1-2-7-3-5-8(6-4-7)9(10)11;1-6-2-4-7(8)5-3-6/h5-12,19-20H,13-14H2,1-4H3,(H,25,29)(H,26,30)(H,27,28);3-10,16,28H,11,23H2,(H,24,26)(H,25,27);1,7-10,14H,11H2,2-5H3,(H,19,24)(H,20,22)(H,21,23);1,3-6H,(H,10,11);2-5H,1H3/t20-;16-;14-;;/m000../s1. The van der Waals surface area contributed by atoms with Crippen molar-refractivity contribution in [3.8, 4) is 53.4 Å². The minimum Gasteiger partial charge on any atom is -0.478 e. The number of carboxylic acid groups (broad SMARTS) is 1. The smallest absolute Gasteiger partial charge is 0.478 e. The van der Waals surface area contributed by atoms with Crippen LogP contribution in [0.2, 0.25) is 0 Å². The zero-order valence-electron chi connectivity index (χ0n) is 59.6. The van der Waals surface area contributed by atoms with Gasteiger partial charge in [-0.2, -0.15) is 0 Å². The summed E-state index contributed by atoms with van der Waals surface area (Å²) in [6.45, 7) is 11.9. The van der Waals surface area contributed by atoms with Gasteiger partial charge < -0.3 is 56.4 Å². The minimum atomic E-state index is -4.76. The van der Waals surface area contributed by atoms with Crippen molar-refractivity contribution in [2.24, 2.45) is 5.73 Å². The molecule has 0 radical (unpaired) electrons. The van der Waals surface area contributed by atoms with Crippen molar-refractivity contribution in [2.75, 3.05) is 40.5 Å². The van der Waals surface area contributed by atoms with Crippen molar-refractivity contribution in [1.82, 2.24) is 43.0 Å². The van der Waals surface area contributed by atoms with Crippen molar-refractivity contribution < 1.29 is 95.3 Å². The van der Waals surface area contributed by atoms with Gasteiger partial charge in [-0.05, 0) is 203 Å². The number of benzene rings is 7. The fourth-order valence-electron chi connectivity index (χ4n) is 8.89. The minimum absolute atomic E-state index is 0.0952. The maximum Gasteiger partial charge on any atom is 0.573 e. The Labute approximate surface area is 630 Å². The van der Waals surface area contributed by atoms with Crippen LogP contribution in [-0.4, -0.2) is 140 Å². The molecule has 0 aliphatic heterocycles. The number of amides is 8. The predicted octanol–water partition coefficient (Wildman–Crippen LogP) is 9.58. The van der Waals surface area contributed by atoms with Gasteiger partial charge in [0.1, 0.15) is 41.7 Å². The van der Waals surface area contributed by atoms with E-state index >= 15 is 0 Å². The number of nitrogens with one attached hydrogen (secondary N) is 8. The Balaban J connectivity index is 0.000000302. The summed E-state index contributed by atoms with van der Waals surface area (Å²) in [6, 6.07) is 44.7. The van der Waals surface area contributed by atoms with E-state index in [1.54, 1.807) is 77.9 Å². The molecule has 8 amide bonds. The van der Waals surface area contributed by atoms with Gasteiger partial charge in [0, 0.05) is 49.4 Å². The Morgan fingerprint density at radius 3 is 1.30 bits per heavy atom. The normalized spacial score (nSPS) is 11.7. The lowest BCUT2D eigenvalue weighted by molar-refractivity contribution is -0.274. The summed E-state index contributed by atoms with van der Waals surface area (Å²) in [6.07, 6.45) is 3.38. The first-order chi connectivity index (χ1) is 50.6. The van der Waals surface area contributed by atoms with Crippen LogP contribution >= 0.6 is 22.6 Å². The first kappa shape index (κ1) is 87.4. The van der Waals surface area contributed by atoms with E-state index in [0.717, 1.165) is 34.4 Å². The van der Waals surface area contributed by atoms with Crippen molar-refractivity contribution in [1.29, 1.82) is 0 Å². The van der Waals surface area contributed by atoms with Crippen LogP contribution in [0, 0.1) is 47.0 Å². The fourth-order valence-corrected chi connectivity index (χ4v) is 9.24. The number of halogens is 4. The number of rotatable bonds is 19. The topological polar surface area (TPSA) is 372 Å². The number of aromatic carboxylic acids is 1. The highest BCUT2D eigenvalue weighted by Crippen LogP contribution is 2.44. The maximum absolute atomic E-state index is 12.5. The van der Waals surface area contributed by atoms with Gasteiger partial charge in [0.2, 0.25) is 0 Å². The maximum atomic E-state index is 12.5. The molecule has 0 bridgehead atoms. The monoisotopic (exact) mass is 1590 g/mol. The second-order valence-corrected chi connectivity index (χ2v) is 25.6. The molecule has 0 heterocycles. The summed E-state index contributed by atoms with van der Waals surface area (Å²) in [7, 11) is 2.53. The molecule has 7 aromatic rings. The molecule has 0 spiro atoms. The third-order valence-corrected chi connectivity index (χ3v) is 14.6. The van der Waals surface area contributed by atoms with E-state index in [-0.39, 0.29) is 49.0 Å². The molecule has 0 saturated carbocycles. The Bertz CT molecular complexity index is 4230. The number of terminal acetylenes is 2. The molecule has 12 N–H and O–H groups in total. The lowest BCUT2D eigenvalue weighted by Crippen LogP contribution is -2.53. The summed E-state index contributed by atoms with van der Waals surface area (Å²) in [5.41, 5.74) is 18.5. The average molecular weight is 1590 g/mol. The number of alkyl halides is 3. The summed E-state index contributed by atoms with van der Waals surface area (Å²) in [5, 5.41) is 29.3. The van der Waals surface area contributed by atoms with Gasteiger partial charge >= 0.3 is 30.6 Å². The number of carboxylic acids is 1.